The van der Waals surface area contributed by atoms with E-state index in [1.54, 1.807) is 4.90 Å². The molecule has 1 aliphatic rings. The number of anilines is 2. The van der Waals surface area contributed by atoms with Crippen molar-refractivity contribution in [2.75, 3.05) is 23.3 Å². The lowest BCUT2D eigenvalue weighted by atomic mass is 10.1. The molecule has 0 radical (unpaired) electrons. The van der Waals surface area contributed by atoms with Crippen LogP contribution < -0.4 is 10.2 Å². The number of rotatable bonds is 3. The lowest BCUT2D eigenvalue weighted by molar-refractivity contribution is -0.138. The highest BCUT2D eigenvalue weighted by atomic mass is 35.5. The Morgan fingerprint density at radius 3 is 2.80 bits per heavy atom. The highest BCUT2D eigenvalue weighted by Gasteiger charge is 2.34. The van der Waals surface area contributed by atoms with Gasteiger partial charge < -0.3 is 15.3 Å². The minimum absolute atomic E-state index is 0.0218. The minimum Gasteiger partial charge on any atom is -0.478 e. The molecule has 0 spiro atoms. The van der Waals surface area contributed by atoms with Gasteiger partial charge in [-0.3, -0.25) is 0 Å². The molecule has 1 aromatic carbocycles. The average Bonchev–Trinajstić information content (AvgIpc) is 2.53. The zero-order chi connectivity index (χ0) is 18.2. The van der Waals surface area contributed by atoms with Gasteiger partial charge in [-0.1, -0.05) is 11.6 Å². The monoisotopic (exact) mass is 371 g/mol. The van der Waals surface area contributed by atoms with Crippen molar-refractivity contribution < 1.29 is 23.1 Å². The molecule has 132 valence electrons. The molecule has 0 bridgehead atoms. The first-order valence-electron chi connectivity index (χ1n) is 7.33. The summed E-state index contributed by atoms with van der Waals surface area (Å²) in [4.78, 5) is 16.8. The first-order chi connectivity index (χ1) is 11.8. The van der Waals surface area contributed by atoms with E-state index in [9.17, 15) is 18.0 Å². The van der Waals surface area contributed by atoms with E-state index in [1.807, 2.05) is 0 Å². The predicted octanol–water partition coefficient (Wildman–Crippen LogP) is 3.88. The van der Waals surface area contributed by atoms with E-state index < -0.39 is 17.7 Å². The molecule has 0 saturated heterocycles. The van der Waals surface area contributed by atoms with Gasteiger partial charge in [-0.05, 0) is 29.8 Å². The zero-order valence-electron chi connectivity index (χ0n) is 12.8. The number of nitrogens with one attached hydrogen (secondary N) is 1. The van der Waals surface area contributed by atoms with E-state index >= 15 is 0 Å². The number of aromatic carboxylic acids is 1. The van der Waals surface area contributed by atoms with Crippen molar-refractivity contribution in [2.24, 2.45) is 0 Å². The molecule has 0 aliphatic carbocycles. The summed E-state index contributed by atoms with van der Waals surface area (Å²) in [6, 6.07) is 4.82. The molecule has 0 fully saturated rings. The molecule has 1 aromatic heterocycles. The molecule has 0 saturated carbocycles. The van der Waals surface area contributed by atoms with Gasteiger partial charge in [0.25, 0.3) is 0 Å². The molecule has 5 nitrogen and oxygen atoms in total. The largest absolute Gasteiger partial charge is 0.478 e. The fourth-order valence-corrected chi connectivity index (χ4v) is 2.91. The second-order valence-electron chi connectivity index (χ2n) is 5.54. The Morgan fingerprint density at radius 2 is 2.12 bits per heavy atom. The van der Waals surface area contributed by atoms with Crippen molar-refractivity contribution in [2.45, 2.75) is 12.7 Å². The molecule has 0 atom stereocenters. The smallest absolute Gasteiger partial charge is 0.416 e. The molecule has 0 unspecified atom stereocenters. The molecule has 25 heavy (non-hydrogen) atoms. The number of alkyl halides is 3. The van der Waals surface area contributed by atoms with Crippen LogP contribution in [-0.4, -0.2) is 29.1 Å². The fourth-order valence-electron chi connectivity index (χ4n) is 2.72. The van der Waals surface area contributed by atoms with Gasteiger partial charge in [-0.25, -0.2) is 9.78 Å². The van der Waals surface area contributed by atoms with Crippen LogP contribution in [0.25, 0.3) is 0 Å². The minimum atomic E-state index is -4.50. The predicted molar refractivity (Wildman–Crippen MR) is 87.2 cm³/mol. The average molecular weight is 372 g/mol. The van der Waals surface area contributed by atoms with E-state index in [0.717, 1.165) is 6.07 Å². The van der Waals surface area contributed by atoms with E-state index in [1.165, 1.54) is 24.4 Å². The van der Waals surface area contributed by atoms with Crippen LogP contribution in [0.4, 0.5) is 24.7 Å². The van der Waals surface area contributed by atoms with E-state index in [-0.39, 0.29) is 22.7 Å². The van der Waals surface area contributed by atoms with E-state index in [2.05, 4.69) is 10.3 Å². The van der Waals surface area contributed by atoms with Gasteiger partial charge in [-0.2, -0.15) is 13.2 Å². The first-order valence-corrected chi connectivity index (χ1v) is 7.71. The topological polar surface area (TPSA) is 65.5 Å². The summed E-state index contributed by atoms with van der Waals surface area (Å²) in [5.41, 5.74) is -0.332. The third kappa shape index (κ3) is 3.63. The number of hydrogen-bond donors (Lipinski definition) is 2. The maximum Gasteiger partial charge on any atom is 0.416 e. The number of fused-ring (bicyclic) bond motifs is 1. The van der Waals surface area contributed by atoms with Crippen LogP contribution in [0.5, 0.6) is 0 Å². The Balaban J connectivity index is 2.00. The third-order valence-corrected chi connectivity index (χ3v) is 4.10. The van der Waals surface area contributed by atoms with E-state index in [0.29, 0.717) is 24.6 Å². The summed E-state index contributed by atoms with van der Waals surface area (Å²) < 4.78 is 39.7. The van der Waals surface area contributed by atoms with Crippen LogP contribution >= 0.6 is 11.6 Å². The SMILES string of the molecule is O=C(O)c1cnc2c(c1)N(Cc1cc(Cl)ccc1C(F)(F)F)CCN2. The van der Waals surface area contributed by atoms with Gasteiger partial charge in [0.05, 0.1) is 16.8 Å². The lowest BCUT2D eigenvalue weighted by Gasteiger charge is -2.32. The molecule has 2 N–H and O–H groups in total. The zero-order valence-corrected chi connectivity index (χ0v) is 13.5. The van der Waals surface area contributed by atoms with Gasteiger partial charge in [0.1, 0.15) is 5.82 Å². The second-order valence-corrected chi connectivity index (χ2v) is 5.98. The summed E-state index contributed by atoms with van der Waals surface area (Å²) in [5, 5.41) is 12.3. The maximum absolute atomic E-state index is 13.2. The van der Waals surface area contributed by atoms with Crippen LogP contribution in [0.15, 0.2) is 30.5 Å². The van der Waals surface area contributed by atoms with Gasteiger partial charge in [-0.15, -0.1) is 0 Å². The quantitative estimate of drug-likeness (QED) is 0.857. The number of carboxylic acid groups (broad SMARTS) is 1. The normalized spacial score (nSPS) is 14.0. The molecule has 1 aliphatic heterocycles. The van der Waals surface area contributed by atoms with Crippen LogP contribution in [-0.2, 0) is 12.7 Å². The number of benzene rings is 1. The molecular weight excluding hydrogens is 359 g/mol. The summed E-state index contributed by atoms with van der Waals surface area (Å²) in [7, 11) is 0. The van der Waals surface area contributed by atoms with Gasteiger partial charge >= 0.3 is 12.1 Å². The molecular formula is C16H13ClF3N3O2. The Morgan fingerprint density at radius 1 is 1.36 bits per heavy atom. The molecule has 2 aromatic rings. The van der Waals surface area contributed by atoms with Crippen molar-refractivity contribution in [1.29, 1.82) is 0 Å². The standard InChI is InChI=1S/C16H13ClF3N3O2/c17-11-1-2-12(16(18,19)20)10(5-11)8-23-4-3-21-14-13(23)6-9(7-22-14)15(24)25/h1-2,5-7H,3-4,8H2,(H,21,22)(H,24,25). The third-order valence-electron chi connectivity index (χ3n) is 3.86. The van der Waals surface area contributed by atoms with Crippen molar-refractivity contribution in [3.05, 3.63) is 52.2 Å². The Labute approximate surface area is 146 Å². The van der Waals surface area contributed by atoms with Gasteiger partial charge in [0.15, 0.2) is 0 Å². The number of carboxylic acids is 1. The molecule has 2 heterocycles. The number of hydrogen-bond acceptors (Lipinski definition) is 4. The Kier molecular flexibility index (Phi) is 4.47. The summed E-state index contributed by atoms with van der Waals surface area (Å²) in [5.74, 6) is -0.716. The van der Waals surface area contributed by atoms with Gasteiger partial charge in [0, 0.05) is 30.9 Å². The first kappa shape index (κ1) is 17.3. The number of carbonyl (C=O) groups is 1. The summed E-state index contributed by atoms with van der Waals surface area (Å²) in [6.45, 7) is 0.824. The van der Waals surface area contributed by atoms with Crippen LogP contribution in [0.1, 0.15) is 21.5 Å². The number of halogens is 4. The van der Waals surface area contributed by atoms with Crippen molar-refractivity contribution in [1.82, 2.24) is 4.98 Å². The van der Waals surface area contributed by atoms with Gasteiger partial charge in [0.2, 0.25) is 0 Å². The van der Waals surface area contributed by atoms with Crippen molar-refractivity contribution >= 4 is 29.1 Å². The number of pyridine rings is 1. The Hall–Kier alpha value is -2.48. The number of nitrogens with zero attached hydrogens (tertiary/aromatic N) is 2. The summed E-state index contributed by atoms with van der Waals surface area (Å²) >= 11 is 5.86. The second kappa shape index (κ2) is 6.44. The van der Waals surface area contributed by atoms with Crippen molar-refractivity contribution in [3.63, 3.8) is 0 Å². The maximum atomic E-state index is 13.2. The lowest BCUT2D eigenvalue weighted by Crippen LogP contribution is -2.34. The molecule has 9 heteroatoms. The molecule has 0 amide bonds. The van der Waals surface area contributed by atoms with Crippen LogP contribution in [0.3, 0.4) is 0 Å². The molecule has 3 rings (SSSR count). The fraction of sp³-hybridized carbons (Fsp3) is 0.250. The van der Waals surface area contributed by atoms with Crippen LogP contribution in [0.2, 0.25) is 5.02 Å². The summed E-state index contributed by atoms with van der Waals surface area (Å²) in [6.07, 6.45) is -3.30. The highest BCUT2D eigenvalue weighted by Crippen LogP contribution is 2.36. The highest BCUT2D eigenvalue weighted by molar-refractivity contribution is 6.30. The van der Waals surface area contributed by atoms with Crippen molar-refractivity contribution in [3.8, 4) is 0 Å². The van der Waals surface area contributed by atoms with E-state index in [4.69, 9.17) is 16.7 Å². The van der Waals surface area contributed by atoms with Crippen LogP contribution in [0, 0.1) is 0 Å². The Bertz CT molecular complexity index is 827. The number of aromatic nitrogens is 1.